The van der Waals surface area contributed by atoms with Crippen molar-refractivity contribution in [2.75, 3.05) is 6.26 Å². The van der Waals surface area contributed by atoms with E-state index in [0.717, 1.165) is 0 Å². The van der Waals surface area contributed by atoms with E-state index in [0.29, 0.717) is 0 Å². The minimum atomic E-state index is 0.209. The lowest BCUT2D eigenvalue weighted by Gasteiger charge is -2.14. The fourth-order valence-corrected chi connectivity index (χ4v) is 1.03. The van der Waals surface area contributed by atoms with Gasteiger partial charge in [0.25, 0.3) is 0 Å². The smallest absolute Gasteiger partial charge is 0.0551 e. The molecule has 0 saturated carbocycles. The molecule has 0 bridgehead atoms. The minimum absolute atomic E-state index is 0.209. The van der Waals surface area contributed by atoms with Gasteiger partial charge in [-0.3, -0.25) is 0 Å². The first kappa shape index (κ1) is 9.75. The van der Waals surface area contributed by atoms with Gasteiger partial charge in [-0.05, 0) is 32.7 Å². The Bertz CT molecular complexity index is 115. The van der Waals surface area contributed by atoms with Gasteiger partial charge < -0.3 is 0 Å². The van der Waals surface area contributed by atoms with Crippen LogP contribution in [0.15, 0.2) is 4.40 Å². The van der Waals surface area contributed by atoms with E-state index in [1.807, 2.05) is 6.26 Å². The fourth-order valence-electron chi connectivity index (χ4n) is 0.245. The molecule has 0 amide bonds. The zero-order valence-corrected chi connectivity index (χ0v) is 9.21. The molecule has 3 heteroatoms. The number of hydrogen-bond donors (Lipinski definition) is 0. The third-order valence-corrected chi connectivity index (χ3v) is 2.33. The quantitative estimate of drug-likeness (QED) is 0.320. The van der Waals surface area contributed by atoms with Crippen LogP contribution in [0.1, 0.15) is 20.8 Å². The summed E-state index contributed by atoms with van der Waals surface area (Å²) < 4.78 is 4.43. The Balaban J connectivity index is 4.03. The standard InChI is InChI=1S/C6H12INS/c1-5(8-9-4)6(2,3)7/h1-4H3/b8-5+. The normalized spacial score (nSPS) is 14.1. The van der Waals surface area contributed by atoms with Gasteiger partial charge in [-0.2, -0.15) is 0 Å². The SMILES string of the molecule is CS/N=C(\C)C(C)(C)I. The lowest BCUT2D eigenvalue weighted by Crippen LogP contribution is -2.19. The van der Waals surface area contributed by atoms with Crippen LogP contribution in [0.3, 0.4) is 0 Å². The second-order valence-corrected chi connectivity index (χ2v) is 5.58. The fraction of sp³-hybridized carbons (Fsp3) is 0.833. The predicted octanol–water partition coefficient (Wildman–Crippen LogP) is 2.94. The number of nitrogens with zero attached hydrogens (tertiary/aromatic N) is 1. The maximum atomic E-state index is 4.22. The zero-order valence-electron chi connectivity index (χ0n) is 6.23. The number of rotatable bonds is 2. The average Bonchev–Trinajstić information content (AvgIpc) is 1.64. The van der Waals surface area contributed by atoms with Crippen molar-refractivity contribution in [3.63, 3.8) is 0 Å². The number of hydrogen-bond acceptors (Lipinski definition) is 2. The van der Waals surface area contributed by atoms with Gasteiger partial charge in [-0.25, -0.2) is 4.40 Å². The van der Waals surface area contributed by atoms with Gasteiger partial charge in [-0.1, -0.05) is 22.6 Å². The molecule has 0 N–H and O–H groups in total. The third-order valence-electron chi connectivity index (χ3n) is 1.09. The topological polar surface area (TPSA) is 12.4 Å². The molecule has 0 heterocycles. The van der Waals surface area contributed by atoms with Crippen LogP contribution in [0.5, 0.6) is 0 Å². The summed E-state index contributed by atoms with van der Waals surface area (Å²) in [6.07, 6.45) is 1.98. The summed E-state index contributed by atoms with van der Waals surface area (Å²) in [6.45, 7) is 6.37. The van der Waals surface area contributed by atoms with E-state index < -0.39 is 0 Å². The van der Waals surface area contributed by atoms with Crippen molar-refractivity contribution >= 4 is 40.3 Å². The second-order valence-electron chi connectivity index (χ2n) is 2.33. The van der Waals surface area contributed by atoms with Crippen LogP contribution in [-0.4, -0.2) is 15.4 Å². The molecule has 54 valence electrons. The van der Waals surface area contributed by atoms with E-state index in [-0.39, 0.29) is 3.42 Å². The molecular weight excluding hydrogens is 245 g/mol. The van der Waals surface area contributed by atoms with E-state index in [2.05, 4.69) is 47.8 Å². The van der Waals surface area contributed by atoms with Crippen LogP contribution in [0.25, 0.3) is 0 Å². The largest absolute Gasteiger partial charge is 0.225 e. The van der Waals surface area contributed by atoms with Gasteiger partial charge in [0, 0.05) is 12.0 Å². The van der Waals surface area contributed by atoms with Crippen LogP contribution in [0.2, 0.25) is 0 Å². The lowest BCUT2D eigenvalue weighted by atomic mass is 10.1. The lowest BCUT2D eigenvalue weighted by molar-refractivity contribution is 0.993. The number of alkyl halides is 1. The molecule has 0 unspecified atom stereocenters. The Labute approximate surface area is 75.0 Å². The molecule has 0 aliphatic heterocycles. The first-order valence-electron chi connectivity index (χ1n) is 2.75. The molecule has 0 spiro atoms. The van der Waals surface area contributed by atoms with Crippen LogP contribution in [-0.2, 0) is 0 Å². The molecule has 0 aromatic rings. The Morgan fingerprint density at radius 3 is 2.11 bits per heavy atom. The Morgan fingerprint density at radius 2 is 2.00 bits per heavy atom. The molecule has 9 heavy (non-hydrogen) atoms. The van der Waals surface area contributed by atoms with Crippen molar-refractivity contribution in [1.82, 2.24) is 0 Å². The van der Waals surface area contributed by atoms with Crippen LogP contribution in [0, 0.1) is 0 Å². The summed E-state index contributed by atoms with van der Waals surface area (Å²) >= 11 is 3.90. The van der Waals surface area contributed by atoms with E-state index in [4.69, 9.17) is 0 Å². The maximum Gasteiger partial charge on any atom is 0.0551 e. The molecule has 0 aliphatic rings. The summed E-state index contributed by atoms with van der Waals surface area (Å²) in [7, 11) is 0. The van der Waals surface area contributed by atoms with Crippen molar-refractivity contribution in [2.45, 2.75) is 24.2 Å². The average molecular weight is 257 g/mol. The van der Waals surface area contributed by atoms with E-state index in [9.17, 15) is 0 Å². The van der Waals surface area contributed by atoms with Crippen molar-refractivity contribution in [1.29, 1.82) is 0 Å². The first-order chi connectivity index (χ1) is 3.98. The van der Waals surface area contributed by atoms with Gasteiger partial charge in [0.05, 0.1) is 3.42 Å². The second kappa shape index (κ2) is 3.81. The van der Waals surface area contributed by atoms with Gasteiger partial charge in [0.2, 0.25) is 0 Å². The van der Waals surface area contributed by atoms with Gasteiger partial charge >= 0.3 is 0 Å². The maximum absolute atomic E-state index is 4.22. The van der Waals surface area contributed by atoms with Gasteiger partial charge in [0.15, 0.2) is 0 Å². The highest BCUT2D eigenvalue weighted by atomic mass is 127. The van der Waals surface area contributed by atoms with Crippen molar-refractivity contribution in [2.24, 2.45) is 4.40 Å². The molecule has 0 aromatic heterocycles. The van der Waals surface area contributed by atoms with Crippen LogP contribution in [0.4, 0.5) is 0 Å². The molecule has 1 nitrogen and oxygen atoms in total. The van der Waals surface area contributed by atoms with E-state index in [1.54, 1.807) is 0 Å². The Kier molecular flexibility index (Phi) is 4.12. The monoisotopic (exact) mass is 257 g/mol. The minimum Gasteiger partial charge on any atom is -0.225 e. The van der Waals surface area contributed by atoms with Gasteiger partial charge in [0.1, 0.15) is 0 Å². The zero-order chi connectivity index (χ0) is 7.49. The third kappa shape index (κ3) is 4.19. The summed E-state index contributed by atoms with van der Waals surface area (Å²) in [4.78, 5) is 0. The summed E-state index contributed by atoms with van der Waals surface area (Å²) in [5.74, 6) is 0. The highest BCUT2D eigenvalue weighted by molar-refractivity contribution is 14.1. The summed E-state index contributed by atoms with van der Waals surface area (Å²) in [5.41, 5.74) is 1.19. The molecule has 0 aliphatic carbocycles. The first-order valence-corrected chi connectivity index (χ1v) is 5.01. The van der Waals surface area contributed by atoms with Crippen LogP contribution >= 0.6 is 34.5 Å². The summed E-state index contributed by atoms with van der Waals surface area (Å²) in [5, 5.41) is 0. The van der Waals surface area contributed by atoms with E-state index >= 15 is 0 Å². The molecule has 0 aromatic carbocycles. The summed E-state index contributed by atoms with van der Waals surface area (Å²) in [6, 6.07) is 0. The molecule has 0 radical (unpaired) electrons. The number of halogens is 1. The molecule has 0 saturated heterocycles. The van der Waals surface area contributed by atoms with Crippen molar-refractivity contribution < 1.29 is 0 Å². The van der Waals surface area contributed by atoms with E-state index in [1.165, 1.54) is 17.7 Å². The Morgan fingerprint density at radius 1 is 1.56 bits per heavy atom. The molecule has 0 atom stereocenters. The van der Waals surface area contributed by atoms with Crippen molar-refractivity contribution in [3.05, 3.63) is 0 Å². The molecule has 0 rings (SSSR count). The molecule has 0 fully saturated rings. The van der Waals surface area contributed by atoms with Crippen LogP contribution < -0.4 is 0 Å². The highest BCUT2D eigenvalue weighted by Crippen LogP contribution is 2.19. The van der Waals surface area contributed by atoms with Gasteiger partial charge in [-0.15, -0.1) is 0 Å². The molecular formula is C6H12INS. The highest BCUT2D eigenvalue weighted by Gasteiger charge is 2.15. The van der Waals surface area contributed by atoms with Crippen molar-refractivity contribution in [3.8, 4) is 0 Å². The Hall–Kier alpha value is 0.750. The predicted molar refractivity (Wildman–Crippen MR) is 54.7 cm³/mol.